The van der Waals surface area contributed by atoms with Crippen molar-refractivity contribution < 1.29 is 19.4 Å². The summed E-state index contributed by atoms with van der Waals surface area (Å²) < 4.78 is 5.29. The van der Waals surface area contributed by atoms with Gasteiger partial charge >= 0.3 is 5.97 Å². The standard InChI is InChI=1S/C14H23NO4/c1-15(11-4-8-19-9-5-11)12(16)10-14(13(17)18)6-2-3-7-14/h11H,2-10H2,1H3,(H,17,18). The highest BCUT2D eigenvalue weighted by Crippen LogP contribution is 2.41. The fraction of sp³-hybridized carbons (Fsp3) is 0.857. The molecule has 2 rings (SSSR count). The molecule has 2 fully saturated rings. The van der Waals surface area contributed by atoms with Gasteiger partial charge in [-0.2, -0.15) is 0 Å². The van der Waals surface area contributed by atoms with Crippen molar-refractivity contribution in [3.63, 3.8) is 0 Å². The molecule has 1 N–H and O–H groups in total. The number of ether oxygens (including phenoxy) is 1. The van der Waals surface area contributed by atoms with E-state index in [0.29, 0.717) is 26.1 Å². The molecule has 1 amide bonds. The highest BCUT2D eigenvalue weighted by Gasteiger charge is 2.44. The maximum absolute atomic E-state index is 12.3. The molecule has 19 heavy (non-hydrogen) atoms. The summed E-state index contributed by atoms with van der Waals surface area (Å²) in [6.07, 6.45) is 4.95. The first-order valence-corrected chi connectivity index (χ1v) is 7.12. The molecule has 1 aliphatic heterocycles. The van der Waals surface area contributed by atoms with Crippen molar-refractivity contribution in [1.29, 1.82) is 0 Å². The molecule has 0 aromatic rings. The molecule has 0 radical (unpaired) electrons. The molecular formula is C14H23NO4. The Hall–Kier alpha value is -1.10. The van der Waals surface area contributed by atoms with E-state index in [4.69, 9.17) is 4.74 Å². The van der Waals surface area contributed by atoms with Crippen molar-refractivity contribution in [1.82, 2.24) is 4.90 Å². The normalized spacial score (nSPS) is 23.2. The van der Waals surface area contributed by atoms with Crippen molar-refractivity contribution in [2.45, 2.75) is 51.0 Å². The second-order valence-corrected chi connectivity index (χ2v) is 5.82. The van der Waals surface area contributed by atoms with Crippen LogP contribution in [0.2, 0.25) is 0 Å². The number of carboxylic acid groups (broad SMARTS) is 1. The molecule has 0 bridgehead atoms. The zero-order valence-corrected chi connectivity index (χ0v) is 11.6. The first-order chi connectivity index (χ1) is 9.05. The van der Waals surface area contributed by atoms with E-state index in [1.54, 1.807) is 11.9 Å². The Morgan fingerprint density at radius 3 is 2.37 bits per heavy atom. The molecule has 0 spiro atoms. The van der Waals surface area contributed by atoms with Crippen LogP contribution in [0, 0.1) is 5.41 Å². The Balaban J connectivity index is 1.97. The molecule has 5 nitrogen and oxygen atoms in total. The van der Waals surface area contributed by atoms with E-state index in [9.17, 15) is 14.7 Å². The Morgan fingerprint density at radius 1 is 1.26 bits per heavy atom. The largest absolute Gasteiger partial charge is 0.481 e. The van der Waals surface area contributed by atoms with Gasteiger partial charge in [0.2, 0.25) is 5.91 Å². The lowest BCUT2D eigenvalue weighted by Gasteiger charge is -2.33. The summed E-state index contributed by atoms with van der Waals surface area (Å²) in [5, 5.41) is 9.41. The van der Waals surface area contributed by atoms with Crippen LogP contribution in [0.4, 0.5) is 0 Å². The average molecular weight is 269 g/mol. The second kappa shape index (κ2) is 5.90. The second-order valence-electron chi connectivity index (χ2n) is 5.82. The SMILES string of the molecule is CN(C(=O)CC1(C(=O)O)CCCC1)C1CCOCC1. The van der Waals surface area contributed by atoms with Gasteiger partial charge in [-0.05, 0) is 25.7 Å². The van der Waals surface area contributed by atoms with Crippen LogP contribution in [0.25, 0.3) is 0 Å². The zero-order valence-electron chi connectivity index (χ0n) is 11.6. The Morgan fingerprint density at radius 2 is 1.84 bits per heavy atom. The van der Waals surface area contributed by atoms with Gasteiger partial charge < -0.3 is 14.7 Å². The fourth-order valence-corrected chi connectivity index (χ4v) is 3.21. The van der Waals surface area contributed by atoms with Gasteiger partial charge in [-0.1, -0.05) is 12.8 Å². The molecular weight excluding hydrogens is 246 g/mol. The Kier molecular flexibility index (Phi) is 4.45. The van der Waals surface area contributed by atoms with Crippen LogP contribution in [-0.4, -0.2) is 48.2 Å². The number of amides is 1. The van der Waals surface area contributed by atoms with Crippen LogP contribution in [-0.2, 0) is 14.3 Å². The summed E-state index contributed by atoms with van der Waals surface area (Å²) in [4.78, 5) is 25.5. The summed E-state index contributed by atoms with van der Waals surface area (Å²) >= 11 is 0. The minimum atomic E-state index is -0.809. The van der Waals surface area contributed by atoms with Crippen molar-refractivity contribution in [3.8, 4) is 0 Å². The number of rotatable bonds is 4. The molecule has 0 aromatic heterocycles. The van der Waals surface area contributed by atoms with Crippen molar-refractivity contribution >= 4 is 11.9 Å². The predicted molar refractivity (Wildman–Crippen MR) is 69.8 cm³/mol. The van der Waals surface area contributed by atoms with E-state index in [-0.39, 0.29) is 18.4 Å². The molecule has 1 saturated heterocycles. The van der Waals surface area contributed by atoms with Crippen molar-refractivity contribution in [3.05, 3.63) is 0 Å². The minimum absolute atomic E-state index is 0.0313. The van der Waals surface area contributed by atoms with Crippen LogP contribution in [0.5, 0.6) is 0 Å². The summed E-state index contributed by atoms with van der Waals surface area (Å²) in [6, 6.07) is 0.202. The number of carbonyl (C=O) groups excluding carboxylic acids is 1. The van der Waals surface area contributed by atoms with E-state index in [2.05, 4.69) is 0 Å². The van der Waals surface area contributed by atoms with Gasteiger partial charge in [0.05, 0.1) is 5.41 Å². The summed E-state index contributed by atoms with van der Waals surface area (Å²) in [7, 11) is 1.79. The molecule has 2 aliphatic rings. The van der Waals surface area contributed by atoms with Crippen LogP contribution >= 0.6 is 0 Å². The fourth-order valence-electron chi connectivity index (χ4n) is 3.21. The number of hydrogen-bond donors (Lipinski definition) is 1. The zero-order chi connectivity index (χ0) is 13.9. The van der Waals surface area contributed by atoms with Gasteiger partial charge in [-0.15, -0.1) is 0 Å². The van der Waals surface area contributed by atoms with Gasteiger partial charge in [0, 0.05) is 32.7 Å². The van der Waals surface area contributed by atoms with Gasteiger partial charge in [-0.25, -0.2) is 0 Å². The van der Waals surface area contributed by atoms with Gasteiger partial charge in [0.25, 0.3) is 0 Å². The molecule has 5 heteroatoms. The smallest absolute Gasteiger partial charge is 0.310 e. The molecule has 108 valence electrons. The van der Waals surface area contributed by atoms with Crippen LogP contribution in [0.15, 0.2) is 0 Å². The predicted octanol–water partition coefficient (Wildman–Crippen LogP) is 1.66. The van der Waals surface area contributed by atoms with Crippen molar-refractivity contribution in [2.75, 3.05) is 20.3 Å². The number of nitrogens with zero attached hydrogens (tertiary/aromatic N) is 1. The highest BCUT2D eigenvalue weighted by atomic mass is 16.5. The topological polar surface area (TPSA) is 66.8 Å². The highest BCUT2D eigenvalue weighted by molar-refractivity contribution is 5.85. The molecule has 0 unspecified atom stereocenters. The number of carbonyl (C=O) groups is 2. The average Bonchev–Trinajstić information content (AvgIpc) is 2.88. The number of aliphatic carboxylic acids is 1. The lowest BCUT2D eigenvalue weighted by atomic mass is 9.82. The summed E-state index contributed by atoms with van der Waals surface area (Å²) in [5.41, 5.74) is -0.809. The van der Waals surface area contributed by atoms with E-state index in [0.717, 1.165) is 25.7 Å². The molecule has 1 aliphatic carbocycles. The van der Waals surface area contributed by atoms with E-state index in [1.165, 1.54) is 0 Å². The molecule has 1 saturated carbocycles. The Bertz CT molecular complexity index is 343. The monoisotopic (exact) mass is 269 g/mol. The number of hydrogen-bond acceptors (Lipinski definition) is 3. The lowest BCUT2D eigenvalue weighted by Crippen LogP contribution is -2.43. The van der Waals surface area contributed by atoms with Crippen LogP contribution < -0.4 is 0 Å². The maximum Gasteiger partial charge on any atom is 0.310 e. The minimum Gasteiger partial charge on any atom is -0.481 e. The third kappa shape index (κ3) is 3.08. The van der Waals surface area contributed by atoms with Crippen LogP contribution in [0.1, 0.15) is 44.9 Å². The lowest BCUT2D eigenvalue weighted by molar-refractivity contribution is -0.154. The van der Waals surface area contributed by atoms with Crippen molar-refractivity contribution in [2.24, 2.45) is 5.41 Å². The van der Waals surface area contributed by atoms with E-state index >= 15 is 0 Å². The molecule has 0 aromatic carbocycles. The number of carboxylic acids is 1. The molecule has 0 atom stereocenters. The molecule has 1 heterocycles. The third-order valence-electron chi connectivity index (χ3n) is 4.64. The van der Waals surface area contributed by atoms with E-state index in [1.807, 2.05) is 0 Å². The summed E-state index contributed by atoms with van der Waals surface area (Å²) in [5.74, 6) is -0.838. The third-order valence-corrected chi connectivity index (χ3v) is 4.64. The van der Waals surface area contributed by atoms with Gasteiger partial charge in [0.1, 0.15) is 0 Å². The first kappa shape index (κ1) is 14.3. The quantitative estimate of drug-likeness (QED) is 0.843. The first-order valence-electron chi connectivity index (χ1n) is 7.12. The van der Waals surface area contributed by atoms with Gasteiger partial charge in [-0.3, -0.25) is 9.59 Å². The van der Waals surface area contributed by atoms with Gasteiger partial charge in [0.15, 0.2) is 0 Å². The van der Waals surface area contributed by atoms with E-state index < -0.39 is 11.4 Å². The van der Waals surface area contributed by atoms with Crippen LogP contribution in [0.3, 0.4) is 0 Å². The summed E-state index contributed by atoms with van der Waals surface area (Å²) in [6.45, 7) is 1.37. The Labute approximate surface area is 113 Å². The maximum atomic E-state index is 12.3.